The fourth-order valence-corrected chi connectivity index (χ4v) is 3.50. The van der Waals surface area contributed by atoms with Gasteiger partial charge < -0.3 is 25.6 Å². The molecule has 1 fully saturated rings. The quantitative estimate of drug-likeness (QED) is 0.544. The number of carbonyl (C=O) groups is 2. The van der Waals surface area contributed by atoms with Crippen LogP contribution in [0.15, 0.2) is 42.5 Å². The Labute approximate surface area is 181 Å². The van der Waals surface area contributed by atoms with Crippen molar-refractivity contribution in [2.45, 2.75) is 19.3 Å². The second kappa shape index (κ2) is 10.8. The van der Waals surface area contributed by atoms with E-state index in [9.17, 15) is 9.59 Å². The molecule has 2 aromatic carbocycles. The lowest BCUT2D eigenvalue weighted by molar-refractivity contribution is 0.0949. The van der Waals surface area contributed by atoms with E-state index in [4.69, 9.17) is 16.3 Å². The van der Waals surface area contributed by atoms with Crippen LogP contribution in [-0.4, -0.2) is 45.3 Å². The largest absolute Gasteiger partial charge is 0.385 e. The van der Waals surface area contributed by atoms with Crippen LogP contribution < -0.4 is 20.9 Å². The standard InChI is InChI=1S/C22H27ClN4O3/c1-30-14-4-11-24-21(28)19-15-18(9-10-20(19)27-12-2-3-13-27)26-22(29)25-17-7-5-16(23)6-8-17/h5-10,15H,2-4,11-14H2,1H3,(H,24,28)(H2,25,26,29). The molecule has 1 aliphatic rings. The molecule has 1 heterocycles. The van der Waals surface area contributed by atoms with Crippen molar-refractivity contribution in [3.8, 4) is 0 Å². The molecule has 160 valence electrons. The van der Waals surface area contributed by atoms with Crippen LogP contribution in [-0.2, 0) is 4.74 Å². The highest BCUT2D eigenvalue weighted by Gasteiger charge is 2.20. The van der Waals surface area contributed by atoms with Crippen molar-refractivity contribution in [1.82, 2.24) is 5.32 Å². The third kappa shape index (κ3) is 6.11. The number of ether oxygens (including phenoxy) is 1. The average molecular weight is 431 g/mol. The second-order valence-corrected chi connectivity index (χ2v) is 7.55. The van der Waals surface area contributed by atoms with E-state index < -0.39 is 6.03 Å². The van der Waals surface area contributed by atoms with Crippen LogP contribution in [0.4, 0.5) is 21.9 Å². The van der Waals surface area contributed by atoms with Gasteiger partial charge in [-0.15, -0.1) is 0 Å². The smallest absolute Gasteiger partial charge is 0.323 e. The number of rotatable bonds is 8. The van der Waals surface area contributed by atoms with E-state index in [1.54, 1.807) is 37.4 Å². The lowest BCUT2D eigenvalue weighted by Crippen LogP contribution is -2.29. The number of amides is 3. The van der Waals surface area contributed by atoms with Crippen molar-refractivity contribution in [1.29, 1.82) is 0 Å². The second-order valence-electron chi connectivity index (χ2n) is 7.11. The Morgan fingerprint density at radius 3 is 2.40 bits per heavy atom. The molecule has 1 saturated heterocycles. The zero-order valence-corrected chi connectivity index (χ0v) is 17.8. The van der Waals surface area contributed by atoms with Crippen molar-refractivity contribution in [3.63, 3.8) is 0 Å². The number of nitrogens with zero attached hydrogens (tertiary/aromatic N) is 1. The van der Waals surface area contributed by atoms with Crippen molar-refractivity contribution in [2.75, 3.05) is 48.9 Å². The van der Waals surface area contributed by atoms with Gasteiger partial charge in [-0.3, -0.25) is 4.79 Å². The topological polar surface area (TPSA) is 82.7 Å². The monoisotopic (exact) mass is 430 g/mol. The van der Waals surface area contributed by atoms with Gasteiger partial charge in [0.05, 0.1) is 5.56 Å². The predicted molar refractivity (Wildman–Crippen MR) is 121 cm³/mol. The molecule has 8 heteroatoms. The number of hydrogen-bond donors (Lipinski definition) is 3. The molecule has 3 amide bonds. The number of benzene rings is 2. The number of hydrogen-bond acceptors (Lipinski definition) is 4. The van der Waals surface area contributed by atoms with E-state index in [-0.39, 0.29) is 5.91 Å². The molecule has 30 heavy (non-hydrogen) atoms. The van der Waals surface area contributed by atoms with E-state index in [1.165, 1.54) is 0 Å². The Bertz CT molecular complexity index is 867. The zero-order chi connectivity index (χ0) is 21.3. The van der Waals surface area contributed by atoms with Crippen LogP contribution >= 0.6 is 11.6 Å². The van der Waals surface area contributed by atoms with E-state index >= 15 is 0 Å². The van der Waals surface area contributed by atoms with E-state index in [1.807, 2.05) is 12.1 Å². The number of halogens is 1. The summed E-state index contributed by atoms with van der Waals surface area (Å²) >= 11 is 5.87. The summed E-state index contributed by atoms with van der Waals surface area (Å²) in [4.78, 5) is 27.4. The highest BCUT2D eigenvalue weighted by Crippen LogP contribution is 2.27. The first-order valence-electron chi connectivity index (χ1n) is 10.1. The Morgan fingerprint density at radius 1 is 1.03 bits per heavy atom. The van der Waals surface area contributed by atoms with Gasteiger partial charge >= 0.3 is 6.03 Å². The number of methoxy groups -OCH3 is 1. The Hall–Kier alpha value is -2.77. The fourth-order valence-electron chi connectivity index (χ4n) is 3.37. The third-order valence-electron chi connectivity index (χ3n) is 4.86. The summed E-state index contributed by atoms with van der Waals surface area (Å²) in [7, 11) is 1.64. The third-order valence-corrected chi connectivity index (χ3v) is 5.11. The Kier molecular flexibility index (Phi) is 7.93. The summed E-state index contributed by atoms with van der Waals surface area (Å²) in [5.74, 6) is -0.158. The van der Waals surface area contributed by atoms with Crippen molar-refractivity contribution in [2.24, 2.45) is 0 Å². The average Bonchev–Trinajstić information content (AvgIpc) is 3.27. The first-order valence-corrected chi connectivity index (χ1v) is 10.4. The van der Waals surface area contributed by atoms with Gasteiger partial charge in [-0.2, -0.15) is 0 Å². The van der Waals surface area contributed by atoms with Crippen LogP contribution in [0.3, 0.4) is 0 Å². The van der Waals surface area contributed by atoms with Crippen LogP contribution in [0.1, 0.15) is 29.6 Å². The minimum atomic E-state index is -0.391. The van der Waals surface area contributed by atoms with E-state index in [0.29, 0.717) is 35.1 Å². The summed E-state index contributed by atoms with van der Waals surface area (Å²) in [5, 5.41) is 9.08. The van der Waals surface area contributed by atoms with Gasteiger partial charge in [-0.1, -0.05) is 11.6 Å². The van der Waals surface area contributed by atoms with Gasteiger partial charge in [0.15, 0.2) is 0 Å². The molecule has 7 nitrogen and oxygen atoms in total. The minimum Gasteiger partial charge on any atom is -0.385 e. The molecule has 0 radical (unpaired) electrons. The number of urea groups is 1. The molecule has 3 N–H and O–H groups in total. The molecule has 0 unspecified atom stereocenters. The first kappa shape index (κ1) is 21.9. The molecule has 0 bridgehead atoms. The normalized spacial score (nSPS) is 13.2. The van der Waals surface area contributed by atoms with Crippen LogP contribution in [0.25, 0.3) is 0 Å². The Balaban J connectivity index is 1.72. The van der Waals surface area contributed by atoms with Gasteiger partial charge in [0.25, 0.3) is 5.91 Å². The predicted octanol–water partition coefficient (Wildman–Crippen LogP) is 4.35. The number of anilines is 3. The maximum atomic E-state index is 12.8. The highest BCUT2D eigenvalue weighted by atomic mass is 35.5. The summed E-state index contributed by atoms with van der Waals surface area (Å²) in [6.07, 6.45) is 2.96. The minimum absolute atomic E-state index is 0.158. The molecule has 2 aromatic rings. The molecule has 0 atom stereocenters. The van der Waals surface area contributed by atoms with Gasteiger partial charge in [0, 0.05) is 55.4 Å². The van der Waals surface area contributed by atoms with E-state index in [0.717, 1.165) is 38.0 Å². The summed E-state index contributed by atoms with van der Waals surface area (Å²) < 4.78 is 5.03. The maximum Gasteiger partial charge on any atom is 0.323 e. The number of nitrogens with one attached hydrogen (secondary N) is 3. The summed E-state index contributed by atoms with van der Waals surface area (Å²) in [6.45, 7) is 2.97. The molecule has 0 aromatic heterocycles. The summed E-state index contributed by atoms with van der Waals surface area (Å²) in [5.41, 5.74) is 2.62. The number of carbonyl (C=O) groups excluding carboxylic acids is 2. The molecule has 0 saturated carbocycles. The van der Waals surface area contributed by atoms with Crippen molar-refractivity contribution >= 4 is 40.6 Å². The molecular weight excluding hydrogens is 404 g/mol. The molecular formula is C22H27ClN4O3. The fraction of sp³-hybridized carbons (Fsp3) is 0.364. The lowest BCUT2D eigenvalue weighted by atomic mass is 10.1. The highest BCUT2D eigenvalue weighted by molar-refractivity contribution is 6.30. The maximum absolute atomic E-state index is 12.8. The molecule has 1 aliphatic heterocycles. The molecule has 3 rings (SSSR count). The van der Waals surface area contributed by atoms with Gasteiger partial charge in [-0.25, -0.2) is 4.79 Å². The summed E-state index contributed by atoms with van der Waals surface area (Å²) in [6, 6.07) is 11.9. The van der Waals surface area contributed by atoms with Gasteiger partial charge in [0.1, 0.15) is 0 Å². The van der Waals surface area contributed by atoms with Crippen molar-refractivity contribution in [3.05, 3.63) is 53.1 Å². The SMILES string of the molecule is COCCCNC(=O)c1cc(NC(=O)Nc2ccc(Cl)cc2)ccc1N1CCCC1. The lowest BCUT2D eigenvalue weighted by Gasteiger charge is -2.22. The van der Waals surface area contributed by atoms with Crippen molar-refractivity contribution < 1.29 is 14.3 Å². The van der Waals surface area contributed by atoms with Gasteiger partial charge in [-0.05, 0) is 61.7 Å². The zero-order valence-electron chi connectivity index (χ0n) is 17.0. The van der Waals surface area contributed by atoms with Crippen LogP contribution in [0, 0.1) is 0 Å². The van der Waals surface area contributed by atoms with Crippen LogP contribution in [0.5, 0.6) is 0 Å². The van der Waals surface area contributed by atoms with E-state index in [2.05, 4.69) is 20.9 Å². The van der Waals surface area contributed by atoms with Gasteiger partial charge in [0.2, 0.25) is 0 Å². The first-order chi connectivity index (χ1) is 14.6. The van der Waals surface area contributed by atoms with Crippen LogP contribution in [0.2, 0.25) is 5.02 Å². The molecule has 0 spiro atoms. The molecule has 0 aliphatic carbocycles. The Morgan fingerprint density at radius 2 is 1.70 bits per heavy atom.